The third-order valence-electron chi connectivity index (χ3n) is 6.06. The molecule has 6 heteroatoms. The minimum Gasteiger partial charge on any atom is -0.496 e. The number of benzene rings is 2. The molecule has 2 aromatic rings. The van der Waals surface area contributed by atoms with Gasteiger partial charge in [-0.25, -0.2) is 0 Å². The van der Waals surface area contributed by atoms with Crippen LogP contribution in [-0.2, 0) is 26.0 Å². The second kappa shape index (κ2) is 7.53. The maximum Gasteiger partial charge on any atom is 0.161 e. The quantitative estimate of drug-likeness (QED) is 0.854. The van der Waals surface area contributed by atoms with E-state index in [2.05, 4.69) is 17.0 Å². The van der Waals surface area contributed by atoms with Crippen LogP contribution in [0.15, 0.2) is 18.2 Å². The van der Waals surface area contributed by atoms with E-state index in [-0.39, 0.29) is 12.6 Å². The zero-order valence-electron chi connectivity index (χ0n) is 16.9. The van der Waals surface area contributed by atoms with Crippen LogP contribution in [0.3, 0.4) is 0 Å². The average molecular weight is 385 g/mol. The Bertz CT molecular complexity index is 895. The van der Waals surface area contributed by atoms with Gasteiger partial charge in [-0.2, -0.15) is 0 Å². The summed E-state index contributed by atoms with van der Waals surface area (Å²) in [6, 6.07) is 6.31. The molecule has 0 radical (unpaired) electrons. The van der Waals surface area contributed by atoms with Crippen molar-refractivity contribution in [1.82, 2.24) is 4.90 Å². The van der Waals surface area contributed by atoms with Gasteiger partial charge >= 0.3 is 0 Å². The van der Waals surface area contributed by atoms with Crippen LogP contribution in [0.25, 0.3) is 0 Å². The first-order valence-corrected chi connectivity index (χ1v) is 9.50. The molecule has 2 aliphatic rings. The van der Waals surface area contributed by atoms with Gasteiger partial charge in [-0.05, 0) is 41.7 Å². The van der Waals surface area contributed by atoms with Gasteiger partial charge in [0.15, 0.2) is 11.5 Å². The molecule has 0 aliphatic carbocycles. The summed E-state index contributed by atoms with van der Waals surface area (Å²) in [7, 11) is 6.65. The van der Waals surface area contributed by atoms with Crippen LogP contribution in [0, 0.1) is 0 Å². The highest BCUT2D eigenvalue weighted by Crippen LogP contribution is 2.46. The summed E-state index contributed by atoms with van der Waals surface area (Å²) in [6.07, 6.45) is 1.76. The van der Waals surface area contributed by atoms with Crippen molar-refractivity contribution in [3.63, 3.8) is 0 Å². The first kappa shape index (κ1) is 18.9. The van der Waals surface area contributed by atoms with Gasteiger partial charge in [-0.3, -0.25) is 4.90 Å². The number of ether oxygens (including phenoxy) is 4. The average Bonchev–Trinajstić information content (AvgIpc) is 2.75. The molecule has 0 aromatic heterocycles. The van der Waals surface area contributed by atoms with E-state index in [0.29, 0.717) is 5.75 Å². The van der Waals surface area contributed by atoms with Gasteiger partial charge in [0.2, 0.25) is 0 Å². The lowest BCUT2D eigenvalue weighted by atomic mass is 9.81. The highest BCUT2D eigenvalue weighted by atomic mass is 16.5. The number of nitrogens with zero attached hydrogens (tertiary/aromatic N) is 1. The third kappa shape index (κ3) is 2.88. The van der Waals surface area contributed by atoms with Crippen LogP contribution in [0.1, 0.15) is 33.9 Å². The first-order chi connectivity index (χ1) is 13.6. The van der Waals surface area contributed by atoms with E-state index in [1.54, 1.807) is 28.4 Å². The molecule has 28 heavy (non-hydrogen) atoms. The second-order valence-electron chi connectivity index (χ2n) is 7.22. The summed E-state index contributed by atoms with van der Waals surface area (Å²) in [5.74, 6) is 3.01. The largest absolute Gasteiger partial charge is 0.496 e. The number of aliphatic hydroxyl groups excluding tert-OH is 1. The number of fused-ring (bicyclic) bond motifs is 4. The summed E-state index contributed by atoms with van der Waals surface area (Å²) in [5, 5.41) is 10.0. The molecule has 6 nitrogen and oxygen atoms in total. The predicted molar refractivity (Wildman–Crippen MR) is 106 cm³/mol. The van der Waals surface area contributed by atoms with Crippen LogP contribution >= 0.6 is 0 Å². The fourth-order valence-electron chi connectivity index (χ4n) is 4.64. The zero-order valence-corrected chi connectivity index (χ0v) is 16.9. The molecule has 0 spiro atoms. The summed E-state index contributed by atoms with van der Waals surface area (Å²) < 4.78 is 22.2. The van der Waals surface area contributed by atoms with Crippen LogP contribution in [0.5, 0.6) is 23.0 Å². The molecule has 2 aromatic carbocycles. The van der Waals surface area contributed by atoms with Gasteiger partial charge < -0.3 is 24.1 Å². The molecule has 0 bridgehead atoms. The fourth-order valence-corrected chi connectivity index (χ4v) is 4.64. The Morgan fingerprint density at radius 3 is 2.21 bits per heavy atom. The van der Waals surface area contributed by atoms with Crippen LogP contribution < -0.4 is 18.9 Å². The lowest BCUT2D eigenvalue weighted by Gasteiger charge is -2.42. The van der Waals surface area contributed by atoms with Gasteiger partial charge in [0.05, 0.1) is 35.0 Å². The van der Waals surface area contributed by atoms with E-state index in [0.717, 1.165) is 59.9 Å². The second-order valence-corrected chi connectivity index (χ2v) is 7.22. The Morgan fingerprint density at radius 2 is 1.57 bits per heavy atom. The molecule has 0 saturated carbocycles. The molecule has 150 valence electrons. The van der Waals surface area contributed by atoms with Crippen molar-refractivity contribution in [2.75, 3.05) is 35.0 Å². The molecule has 0 unspecified atom stereocenters. The van der Waals surface area contributed by atoms with Crippen molar-refractivity contribution < 1.29 is 24.1 Å². The molecular weight excluding hydrogens is 358 g/mol. The molecule has 0 amide bonds. The van der Waals surface area contributed by atoms with E-state index in [1.165, 1.54) is 11.1 Å². The van der Waals surface area contributed by atoms with Crippen molar-refractivity contribution in [3.05, 3.63) is 46.0 Å². The SMILES string of the molecule is COc1cc2c(cc1OC)[C@@H]1Cc3c(CO)c(OC)cc(OC)c3CN1CC2. The molecule has 2 heterocycles. The summed E-state index contributed by atoms with van der Waals surface area (Å²) in [4.78, 5) is 2.48. The Labute approximate surface area is 165 Å². The summed E-state index contributed by atoms with van der Waals surface area (Å²) in [5.41, 5.74) is 5.68. The van der Waals surface area contributed by atoms with E-state index in [1.807, 2.05) is 6.07 Å². The first-order valence-electron chi connectivity index (χ1n) is 9.50. The highest BCUT2D eigenvalue weighted by Gasteiger charge is 2.36. The van der Waals surface area contributed by atoms with Crippen molar-refractivity contribution >= 4 is 0 Å². The molecule has 4 rings (SSSR count). The molecule has 0 saturated heterocycles. The molecule has 1 N–H and O–H groups in total. The van der Waals surface area contributed by atoms with Crippen LogP contribution in [0.2, 0.25) is 0 Å². The summed E-state index contributed by atoms with van der Waals surface area (Å²) >= 11 is 0. The van der Waals surface area contributed by atoms with Crippen LogP contribution in [0.4, 0.5) is 0 Å². The maximum atomic E-state index is 10.0. The zero-order chi connectivity index (χ0) is 19.8. The van der Waals surface area contributed by atoms with Gasteiger partial charge in [-0.15, -0.1) is 0 Å². The van der Waals surface area contributed by atoms with Crippen molar-refractivity contribution in [3.8, 4) is 23.0 Å². The minimum absolute atomic E-state index is 0.0546. The Kier molecular flexibility index (Phi) is 5.08. The Morgan fingerprint density at radius 1 is 0.893 bits per heavy atom. The fraction of sp³-hybridized carbons (Fsp3) is 0.455. The van der Waals surface area contributed by atoms with E-state index < -0.39 is 0 Å². The Hall–Kier alpha value is -2.44. The van der Waals surface area contributed by atoms with Crippen molar-refractivity contribution in [2.45, 2.75) is 32.0 Å². The highest BCUT2D eigenvalue weighted by molar-refractivity contribution is 5.56. The molecule has 1 atom stereocenters. The smallest absolute Gasteiger partial charge is 0.161 e. The van der Waals surface area contributed by atoms with Crippen molar-refractivity contribution in [2.24, 2.45) is 0 Å². The summed E-state index contributed by atoms with van der Waals surface area (Å²) in [6.45, 7) is 1.70. The van der Waals surface area contributed by atoms with Gasteiger partial charge in [-0.1, -0.05) is 0 Å². The predicted octanol–water partition coefficient (Wildman–Crippen LogP) is 2.87. The normalized spacial score (nSPS) is 18.0. The van der Waals surface area contributed by atoms with Gasteiger partial charge in [0, 0.05) is 36.3 Å². The maximum absolute atomic E-state index is 10.0. The molecular formula is C22H27NO5. The van der Waals surface area contributed by atoms with Crippen LogP contribution in [-0.4, -0.2) is 45.0 Å². The third-order valence-corrected chi connectivity index (χ3v) is 6.06. The molecule has 0 fully saturated rings. The number of aliphatic hydroxyl groups is 1. The minimum atomic E-state index is -0.0546. The molecule has 2 aliphatic heterocycles. The number of methoxy groups -OCH3 is 4. The monoisotopic (exact) mass is 385 g/mol. The lowest BCUT2D eigenvalue weighted by Crippen LogP contribution is -2.40. The van der Waals surface area contributed by atoms with E-state index in [4.69, 9.17) is 18.9 Å². The van der Waals surface area contributed by atoms with E-state index in [9.17, 15) is 5.11 Å². The number of rotatable bonds is 5. The van der Waals surface area contributed by atoms with Crippen molar-refractivity contribution in [1.29, 1.82) is 0 Å². The number of hydrogen-bond donors (Lipinski definition) is 1. The topological polar surface area (TPSA) is 60.4 Å². The Balaban J connectivity index is 1.83. The standard InChI is InChI=1S/C22H27NO5/c1-25-19-10-20(26-2)17(12-24)15-8-18-14-9-22(28-4)21(27-3)7-13(14)5-6-23(18)11-16(15)19/h7,9-10,18,24H,5-6,8,11-12H2,1-4H3/t18-/m0/s1. The van der Waals surface area contributed by atoms with E-state index >= 15 is 0 Å². The van der Waals surface area contributed by atoms with Gasteiger partial charge in [0.1, 0.15) is 11.5 Å². The number of hydrogen-bond acceptors (Lipinski definition) is 6. The lowest BCUT2D eigenvalue weighted by molar-refractivity contribution is 0.155. The van der Waals surface area contributed by atoms with Gasteiger partial charge in [0.25, 0.3) is 0 Å².